The first-order valence-corrected chi connectivity index (χ1v) is 11.2. The topological polar surface area (TPSA) is 84.5 Å². The second-order valence-electron chi connectivity index (χ2n) is 7.78. The van der Waals surface area contributed by atoms with Crippen molar-refractivity contribution in [2.45, 2.75) is 31.6 Å². The molecule has 8 heteroatoms. The monoisotopic (exact) mass is 447 g/mol. The Morgan fingerprint density at radius 3 is 2.71 bits per heavy atom. The summed E-state index contributed by atoms with van der Waals surface area (Å²) in [6, 6.07) is 11.4. The van der Waals surface area contributed by atoms with Crippen molar-refractivity contribution in [3.05, 3.63) is 62.7 Å². The van der Waals surface area contributed by atoms with Crippen LogP contribution in [-0.2, 0) is 7.05 Å². The Hall–Kier alpha value is -3.08. The molecule has 1 atom stereocenters. The molecular weight excluding hydrogens is 430 g/mol. The normalized spacial score (nSPS) is 14.5. The first kappa shape index (κ1) is 19.9. The number of ketones is 1. The Morgan fingerprint density at radius 1 is 1.29 bits per heavy atom. The zero-order chi connectivity index (χ0) is 21.7. The van der Waals surface area contributed by atoms with Gasteiger partial charge in [-0.3, -0.25) is 9.48 Å². The average Bonchev–Trinajstić information content (AvgIpc) is 3.44. The van der Waals surface area contributed by atoms with Gasteiger partial charge in [-0.15, -0.1) is 11.3 Å². The van der Waals surface area contributed by atoms with Crippen LogP contribution >= 0.6 is 22.9 Å². The number of carbonyl (C=O) groups excluding carboxylic acids is 1. The molecule has 1 saturated carbocycles. The van der Waals surface area contributed by atoms with Crippen molar-refractivity contribution < 1.29 is 4.79 Å². The van der Waals surface area contributed by atoms with Gasteiger partial charge in [-0.1, -0.05) is 23.7 Å². The number of thiazole rings is 1. The Balaban J connectivity index is 1.57. The summed E-state index contributed by atoms with van der Waals surface area (Å²) in [5.74, 6) is -0.865. The number of rotatable bonds is 5. The molecule has 0 N–H and O–H groups in total. The van der Waals surface area contributed by atoms with Crippen LogP contribution in [0.25, 0.3) is 22.3 Å². The largest absolute Gasteiger partial charge is 0.292 e. The molecule has 1 aliphatic carbocycles. The summed E-state index contributed by atoms with van der Waals surface area (Å²) in [6.07, 6.45) is 2.14. The minimum Gasteiger partial charge on any atom is -0.292 e. The fraction of sp³-hybridized carbons (Fsp3) is 0.261. The minimum atomic E-state index is -0.983. The van der Waals surface area contributed by atoms with Gasteiger partial charge in [0.15, 0.2) is 17.3 Å². The first-order chi connectivity index (χ1) is 15.0. The van der Waals surface area contributed by atoms with Crippen LogP contribution in [0.3, 0.4) is 0 Å². The smallest absolute Gasteiger partial charge is 0.187 e. The highest BCUT2D eigenvalue weighted by molar-refractivity contribution is 7.10. The van der Waals surface area contributed by atoms with Crippen molar-refractivity contribution in [2.24, 2.45) is 7.05 Å². The van der Waals surface area contributed by atoms with Gasteiger partial charge in [0.2, 0.25) is 0 Å². The van der Waals surface area contributed by atoms with E-state index in [2.05, 4.69) is 16.2 Å². The molecule has 4 aromatic rings. The number of hydrogen-bond donors (Lipinski definition) is 0. The van der Waals surface area contributed by atoms with Crippen LogP contribution in [0.4, 0.5) is 0 Å². The Morgan fingerprint density at radius 2 is 2.03 bits per heavy atom. The van der Waals surface area contributed by atoms with E-state index in [4.69, 9.17) is 16.6 Å². The third kappa shape index (κ3) is 3.52. The van der Waals surface area contributed by atoms with Crippen molar-refractivity contribution in [1.82, 2.24) is 19.7 Å². The lowest BCUT2D eigenvalue weighted by Gasteiger charge is -2.09. The molecule has 154 valence electrons. The lowest BCUT2D eigenvalue weighted by atomic mass is 9.95. The third-order valence-corrected chi connectivity index (χ3v) is 6.71. The third-order valence-electron chi connectivity index (χ3n) is 5.55. The summed E-state index contributed by atoms with van der Waals surface area (Å²) in [6.45, 7) is 1.86. The van der Waals surface area contributed by atoms with E-state index in [1.807, 2.05) is 37.6 Å². The first-order valence-electron chi connectivity index (χ1n) is 9.95. The second-order valence-corrected chi connectivity index (χ2v) is 9.11. The maximum atomic E-state index is 13.6. The Kier molecular flexibility index (Phi) is 4.84. The SMILES string of the molecule is Cc1nn(C)c2nc(C3CC3)cc(C(=O)C(C#N)c3nc(-c4ccc(Cl)cc4)cs3)c12. The number of pyridine rings is 1. The molecule has 1 unspecified atom stereocenters. The van der Waals surface area contributed by atoms with Crippen LogP contribution in [0.2, 0.25) is 5.02 Å². The van der Waals surface area contributed by atoms with E-state index in [1.165, 1.54) is 11.3 Å². The molecule has 0 saturated heterocycles. The molecule has 1 aliphatic rings. The Labute approximate surface area is 188 Å². The second kappa shape index (κ2) is 7.56. The van der Waals surface area contributed by atoms with E-state index >= 15 is 0 Å². The zero-order valence-electron chi connectivity index (χ0n) is 17.0. The van der Waals surface area contributed by atoms with Gasteiger partial charge in [-0.05, 0) is 38.0 Å². The molecule has 1 fully saturated rings. The van der Waals surface area contributed by atoms with Gasteiger partial charge >= 0.3 is 0 Å². The Bertz CT molecular complexity index is 1360. The highest BCUT2D eigenvalue weighted by Crippen LogP contribution is 2.41. The van der Waals surface area contributed by atoms with E-state index in [0.29, 0.717) is 32.5 Å². The maximum Gasteiger partial charge on any atom is 0.187 e. The number of halogens is 1. The fourth-order valence-electron chi connectivity index (χ4n) is 3.80. The fourth-order valence-corrected chi connectivity index (χ4v) is 4.80. The lowest BCUT2D eigenvalue weighted by molar-refractivity contribution is 0.0980. The van der Waals surface area contributed by atoms with E-state index in [-0.39, 0.29) is 5.78 Å². The van der Waals surface area contributed by atoms with E-state index in [0.717, 1.165) is 35.5 Å². The summed E-state index contributed by atoms with van der Waals surface area (Å²) < 4.78 is 1.71. The van der Waals surface area contributed by atoms with E-state index in [9.17, 15) is 10.1 Å². The molecule has 0 radical (unpaired) electrons. The predicted octanol–water partition coefficient (Wildman–Crippen LogP) is 5.42. The number of benzene rings is 1. The summed E-state index contributed by atoms with van der Waals surface area (Å²) in [5, 5.41) is 18.1. The van der Waals surface area contributed by atoms with Gasteiger partial charge in [-0.25, -0.2) is 9.97 Å². The van der Waals surface area contributed by atoms with Gasteiger partial charge in [0.05, 0.1) is 22.8 Å². The van der Waals surface area contributed by atoms with Gasteiger partial charge in [-0.2, -0.15) is 10.4 Å². The van der Waals surface area contributed by atoms with Crippen molar-refractivity contribution in [3.63, 3.8) is 0 Å². The molecule has 6 nitrogen and oxygen atoms in total. The quantitative estimate of drug-likeness (QED) is 0.381. The summed E-state index contributed by atoms with van der Waals surface area (Å²) >= 11 is 7.29. The van der Waals surface area contributed by atoms with Crippen LogP contribution < -0.4 is 0 Å². The van der Waals surface area contributed by atoms with Crippen LogP contribution in [0.5, 0.6) is 0 Å². The zero-order valence-corrected chi connectivity index (χ0v) is 18.5. The maximum absolute atomic E-state index is 13.6. The number of nitrogens with zero attached hydrogens (tertiary/aromatic N) is 5. The molecule has 1 aromatic carbocycles. The molecular formula is C23H18ClN5OS. The van der Waals surface area contributed by atoms with Crippen molar-refractivity contribution in [2.75, 3.05) is 0 Å². The molecule has 31 heavy (non-hydrogen) atoms. The van der Waals surface area contributed by atoms with E-state index < -0.39 is 5.92 Å². The number of aromatic nitrogens is 4. The van der Waals surface area contributed by atoms with Gasteiger partial charge in [0.1, 0.15) is 5.01 Å². The van der Waals surface area contributed by atoms with Crippen LogP contribution in [0.15, 0.2) is 35.7 Å². The van der Waals surface area contributed by atoms with Crippen LogP contribution in [0, 0.1) is 18.3 Å². The molecule has 0 aliphatic heterocycles. The standard InChI is InChI=1S/C23H18ClN5OS/c1-12-20-16(9-18(13-3-4-13)26-22(20)29(2)28-12)21(30)17(10-25)23-27-19(11-31-23)14-5-7-15(24)8-6-14/h5-9,11,13,17H,3-4H2,1-2H3. The number of nitriles is 1. The lowest BCUT2D eigenvalue weighted by Crippen LogP contribution is -2.13. The van der Waals surface area contributed by atoms with Gasteiger partial charge in [0, 0.05) is 40.2 Å². The number of fused-ring (bicyclic) bond motifs is 1. The predicted molar refractivity (Wildman–Crippen MR) is 120 cm³/mol. The highest BCUT2D eigenvalue weighted by Gasteiger charge is 2.32. The molecule has 0 spiro atoms. The minimum absolute atomic E-state index is 0.259. The number of carbonyl (C=O) groups is 1. The number of aryl methyl sites for hydroxylation is 2. The van der Waals surface area contributed by atoms with Crippen LogP contribution in [0.1, 0.15) is 51.4 Å². The molecule has 0 bridgehead atoms. The van der Waals surface area contributed by atoms with Crippen molar-refractivity contribution >= 4 is 39.8 Å². The van der Waals surface area contributed by atoms with Crippen molar-refractivity contribution in [3.8, 4) is 17.3 Å². The van der Waals surface area contributed by atoms with E-state index in [1.54, 1.807) is 16.8 Å². The van der Waals surface area contributed by atoms with Gasteiger partial charge < -0.3 is 0 Å². The molecule has 3 aromatic heterocycles. The molecule has 0 amide bonds. The molecule has 5 rings (SSSR count). The van der Waals surface area contributed by atoms with Gasteiger partial charge in [0.25, 0.3) is 0 Å². The molecule has 3 heterocycles. The van der Waals surface area contributed by atoms with Crippen molar-refractivity contribution in [1.29, 1.82) is 5.26 Å². The van der Waals surface area contributed by atoms with Crippen LogP contribution in [-0.4, -0.2) is 25.5 Å². The summed E-state index contributed by atoms with van der Waals surface area (Å²) in [7, 11) is 1.83. The average molecular weight is 448 g/mol. The highest BCUT2D eigenvalue weighted by atomic mass is 35.5. The summed E-state index contributed by atoms with van der Waals surface area (Å²) in [5.41, 5.74) is 4.43. The summed E-state index contributed by atoms with van der Waals surface area (Å²) in [4.78, 5) is 23.0. The number of hydrogen-bond acceptors (Lipinski definition) is 6. The number of Topliss-reactive ketones (excluding diaryl/α,β-unsaturated/α-hetero) is 1.